The number of amides is 1. The SMILES string of the molecule is Cc1c(C#CCNC(=O)c2cncn(Cc3ccc(F)c(F)c3)c2=O)ccc2ncnc(O)c12. The van der Waals surface area contributed by atoms with Crippen LogP contribution in [-0.2, 0) is 6.54 Å². The van der Waals surface area contributed by atoms with Crippen LogP contribution in [0.5, 0.6) is 5.88 Å². The molecule has 34 heavy (non-hydrogen) atoms. The van der Waals surface area contributed by atoms with E-state index in [9.17, 15) is 23.5 Å². The van der Waals surface area contributed by atoms with Crippen molar-refractivity contribution in [2.24, 2.45) is 0 Å². The topological polar surface area (TPSA) is 110 Å². The average Bonchev–Trinajstić information content (AvgIpc) is 2.81. The van der Waals surface area contributed by atoms with Crippen molar-refractivity contribution in [2.45, 2.75) is 13.5 Å². The molecule has 0 atom stereocenters. The van der Waals surface area contributed by atoms with Crippen LogP contribution in [0, 0.1) is 30.4 Å². The molecule has 170 valence electrons. The average molecular weight is 461 g/mol. The molecule has 2 heterocycles. The van der Waals surface area contributed by atoms with E-state index in [1.54, 1.807) is 19.1 Å². The van der Waals surface area contributed by atoms with Gasteiger partial charge in [-0.2, -0.15) is 0 Å². The third-order valence-corrected chi connectivity index (χ3v) is 5.09. The summed E-state index contributed by atoms with van der Waals surface area (Å²) in [5, 5.41) is 13.0. The van der Waals surface area contributed by atoms with E-state index in [4.69, 9.17) is 0 Å². The van der Waals surface area contributed by atoms with Crippen LogP contribution in [0.25, 0.3) is 10.9 Å². The van der Waals surface area contributed by atoms with Gasteiger partial charge in [0, 0.05) is 11.8 Å². The van der Waals surface area contributed by atoms with Crippen LogP contribution in [0.2, 0.25) is 0 Å². The first-order valence-electron chi connectivity index (χ1n) is 10.0. The zero-order valence-electron chi connectivity index (χ0n) is 17.8. The van der Waals surface area contributed by atoms with Gasteiger partial charge in [0.25, 0.3) is 11.5 Å². The van der Waals surface area contributed by atoms with Gasteiger partial charge < -0.3 is 10.4 Å². The highest BCUT2D eigenvalue weighted by Crippen LogP contribution is 2.25. The van der Waals surface area contributed by atoms with Gasteiger partial charge in [-0.25, -0.2) is 23.7 Å². The first-order chi connectivity index (χ1) is 16.3. The molecule has 0 aliphatic heterocycles. The number of nitrogens with zero attached hydrogens (tertiary/aromatic N) is 4. The lowest BCUT2D eigenvalue weighted by atomic mass is 10.0. The van der Waals surface area contributed by atoms with E-state index in [-0.39, 0.29) is 24.5 Å². The van der Waals surface area contributed by atoms with Crippen LogP contribution in [0.3, 0.4) is 0 Å². The molecule has 0 unspecified atom stereocenters. The van der Waals surface area contributed by atoms with Crippen LogP contribution < -0.4 is 10.9 Å². The number of halogens is 2. The first-order valence-corrected chi connectivity index (χ1v) is 10.0. The van der Waals surface area contributed by atoms with Gasteiger partial charge in [-0.15, -0.1) is 0 Å². The number of hydrogen-bond donors (Lipinski definition) is 2. The van der Waals surface area contributed by atoms with Crippen molar-refractivity contribution >= 4 is 16.8 Å². The standard InChI is InChI=1S/C24H17F2N5O3/c1-14-16(5-7-20-21(14)23(33)30-12-29-20)3-2-8-28-22(32)17-10-27-13-31(24(17)34)11-15-4-6-18(25)19(26)9-15/h4-7,9-10,12-13H,8,11H2,1H3,(H,28,32)(H,29,30,33). The molecule has 0 bridgehead atoms. The Balaban J connectivity index is 1.47. The normalized spacial score (nSPS) is 10.6. The van der Waals surface area contributed by atoms with Gasteiger partial charge in [-0.1, -0.05) is 17.9 Å². The van der Waals surface area contributed by atoms with Crippen LogP contribution in [0.1, 0.15) is 27.0 Å². The summed E-state index contributed by atoms with van der Waals surface area (Å²) in [6, 6.07) is 6.73. The summed E-state index contributed by atoms with van der Waals surface area (Å²) in [4.78, 5) is 36.9. The van der Waals surface area contributed by atoms with Gasteiger partial charge in [0.05, 0.1) is 30.3 Å². The number of fused-ring (bicyclic) bond motifs is 1. The van der Waals surface area contributed by atoms with Crippen LogP contribution in [0.15, 0.2) is 54.0 Å². The fourth-order valence-corrected chi connectivity index (χ4v) is 3.35. The Morgan fingerprint density at radius 1 is 1.18 bits per heavy atom. The van der Waals surface area contributed by atoms with Crippen molar-refractivity contribution in [1.29, 1.82) is 0 Å². The van der Waals surface area contributed by atoms with Crippen LogP contribution in [0.4, 0.5) is 8.78 Å². The smallest absolute Gasteiger partial charge is 0.266 e. The lowest BCUT2D eigenvalue weighted by molar-refractivity contribution is 0.0956. The summed E-state index contributed by atoms with van der Waals surface area (Å²) in [7, 11) is 0. The van der Waals surface area contributed by atoms with E-state index < -0.39 is 23.1 Å². The van der Waals surface area contributed by atoms with E-state index in [2.05, 4.69) is 32.1 Å². The molecule has 10 heteroatoms. The molecular formula is C24H17F2N5O3. The number of benzene rings is 2. The second-order valence-corrected chi connectivity index (χ2v) is 7.30. The third-order valence-electron chi connectivity index (χ3n) is 5.09. The van der Waals surface area contributed by atoms with Crippen molar-refractivity contribution in [3.63, 3.8) is 0 Å². The predicted octanol–water partition coefficient (Wildman–Crippen LogP) is 2.31. The number of carbonyl (C=O) groups excluding carboxylic acids is 1. The van der Waals surface area contributed by atoms with Crippen LogP contribution >= 0.6 is 0 Å². The zero-order valence-corrected chi connectivity index (χ0v) is 17.8. The van der Waals surface area contributed by atoms with E-state index >= 15 is 0 Å². The zero-order chi connectivity index (χ0) is 24.2. The van der Waals surface area contributed by atoms with Gasteiger partial charge in [0.2, 0.25) is 5.88 Å². The number of hydrogen-bond acceptors (Lipinski definition) is 6. The monoisotopic (exact) mass is 461 g/mol. The minimum absolute atomic E-state index is 0.0505. The van der Waals surface area contributed by atoms with Gasteiger partial charge in [-0.05, 0) is 42.3 Å². The Bertz CT molecular complexity index is 1540. The molecule has 0 saturated heterocycles. The van der Waals surface area contributed by atoms with E-state index in [1.165, 1.54) is 18.7 Å². The number of nitrogens with one attached hydrogen (secondary N) is 1. The molecule has 0 aliphatic carbocycles. The molecule has 2 N–H and O–H groups in total. The Hall–Kier alpha value is -4.65. The van der Waals surface area contributed by atoms with Gasteiger partial charge in [0.15, 0.2) is 11.6 Å². The maximum Gasteiger partial charge on any atom is 0.266 e. The summed E-state index contributed by atoms with van der Waals surface area (Å²) < 4.78 is 27.7. The molecule has 0 saturated carbocycles. The van der Waals surface area contributed by atoms with Gasteiger partial charge in [-0.3, -0.25) is 14.2 Å². The van der Waals surface area contributed by atoms with Gasteiger partial charge >= 0.3 is 0 Å². The number of aromatic nitrogens is 4. The minimum atomic E-state index is -1.03. The maximum atomic E-state index is 13.4. The van der Waals surface area contributed by atoms with Crippen molar-refractivity contribution < 1.29 is 18.7 Å². The first kappa shape index (κ1) is 22.5. The fourth-order valence-electron chi connectivity index (χ4n) is 3.35. The number of aryl methyl sites for hydroxylation is 1. The largest absolute Gasteiger partial charge is 0.493 e. The quantitative estimate of drug-likeness (QED) is 0.452. The summed E-state index contributed by atoms with van der Waals surface area (Å²) in [5.41, 5.74) is 1.40. The number of aromatic hydroxyl groups is 1. The van der Waals surface area contributed by atoms with Crippen molar-refractivity contribution in [3.05, 3.63) is 93.4 Å². The van der Waals surface area contributed by atoms with E-state index in [0.717, 1.165) is 22.9 Å². The highest BCUT2D eigenvalue weighted by atomic mass is 19.2. The van der Waals surface area contributed by atoms with E-state index in [0.29, 0.717) is 27.6 Å². The highest BCUT2D eigenvalue weighted by Gasteiger charge is 2.13. The second-order valence-electron chi connectivity index (χ2n) is 7.30. The molecule has 0 radical (unpaired) electrons. The number of rotatable bonds is 4. The third kappa shape index (κ3) is 4.59. The molecule has 2 aromatic heterocycles. The molecule has 0 aliphatic rings. The predicted molar refractivity (Wildman–Crippen MR) is 119 cm³/mol. The summed E-state index contributed by atoms with van der Waals surface area (Å²) in [6.45, 7) is 1.64. The summed E-state index contributed by atoms with van der Waals surface area (Å²) in [5.74, 6) is 2.87. The molecule has 4 rings (SSSR count). The second kappa shape index (κ2) is 9.46. The lowest BCUT2D eigenvalue weighted by Gasteiger charge is -2.08. The molecule has 0 fully saturated rings. The molecule has 1 amide bonds. The minimum Gasteiger partial charge on any atom is -0.493 e. The maximum absolute atomic E-state index is 13.4. The fraction of sp³-hybridized carbons (Fsp3) is 0.125. The summed E-state index contributed by atoms with van der Waals surface area (Å²) in [6.07, 6.45) is 3.60. The molecule has 2 aromatic carbocycles. The van der Waals surface area contributed by atoms with Crippen LogP contribution in [-0.4, -0.2) is 37.1 Å². The Morgan fingerprint density at radius 3 is 2.79 bits per heavy atom. The van der Waals surface area contributed by atoms with Crippen molar-refractivity contribution in [3.8, 4) is 17.7 Å². The Kier molecular flexibility index (Phi) is 6.27. The van der Waals surface area contributed by atoms with Gasteiger partial charge in [0.1, 0.15) is 11.9 Å². The molecular weight excluding hydrogens is 444 g/mol. The Labute approximate surface area is 192 Å². The molecule has 8 nitrogen and oxygen atoms in total. The molecule has 0 spiro atoms. The molecule has 4 aromatic rings. The number of carbonyl (C=O) groups is 1. The lowest BCUT2D eigenvalue weighted by Crippen LogP contribution is -2.33. The summed E-state index contributed by atoms with van der Waals surface area (Å²) >= 11 is 0. The van der Waals surface area contributed by atoms with Crippen molar-refractivity contribution in [2.75, 3.05) is 6.54 Å². The van der Waals surface area contributed by atoms with E-state index in [1.807, 2.05) is 0 Å². The Morgan fingerprint density at radius 2 is 2.00 bits per heavy atom. The highest BCUT2D eigenvalue weighted by molar-refractivity contribution is 5.93. The van der Waals surface area contributed by atoms with Crippen molar-refractivity contribution in [1.82, 2.24) is 24.8 Å².